The molecule has 3 nitrogen and oxygen atoms in total. The molecule has 2 rings (SSSR count). The van der Waals surface area contributed by atoms with Gasteiger partial charge in [0.1, 0.15) is 0 Å². The second-order valence-corrected chi connectivity index (χ2v) is 5.20. The second kappa shape index (κ2) is 5.40. The van der Waals surface area contributed by atoms with E-state index in [1.54, 1.807) is 11.3 Å². The van der Waals surface area contributed by atoms with Gasteiger partial charge in [-0.2, -0.15) is 0 Å². The highest BCUT2D eigenvalue weighted by Crippen LogP contribution is 2.19. The number of hydrogen-bond donors (Lipinski definition) is 0. The summed E-state index contributed by atoms with van der Waals surface area (Å²) in [5.74, 6) is -0.233. The van der Waals surface area contributed by atoms with Gasteiger partial charge in [0, 0.05) is 16.3 Å². The first-order valence-electron chi connectivity index (χ1n) is 5.99. The van der Waals surface area contributed by atoms with Crippen LogP contribution < -0.4 is 0 Å². The molecule has 0 fully saturated rings. The Morgan fingerprint density at radius 1 is 1.44 bits per heavy atom. The van der Waals surface area contributed by atoms with E-state index in [4.69, 9.17) is 4.74 Å². The molecule has 0 bridgehead atoms. The van der Waals surface area contributed by atoms with E-state index in [1.807, 2.05) is 32.9 Å². The standard InChI is InChI=1S/C14H17NO2S/c1-4-17-14(16)13-8-10(2)15(11(13)3)9-12-6-5-7-18-12/h5-8H,4,9H2,1-3H3. The van der Waals surface area contributed by atoms with Crippen molar-refractivity contribution in [2.75, 3.05) is 6.61 Å². The van der Waals surface area contributed by atoms with E-state index in [9.17, 15) is 4.79 Å². The number of aryl methyl sites for hydroxylation is 1. The van der Waals surface area contributed by atoms with Crippen molar-refractivity contribution in [2.45, 2.75) is 27.3 Å². The summed E-state index contributed by atoms with van der Waals surface area (Å²) in [6, 6.07) is 6.05. The van der Waals surface area contributed by atoms with Crippen LogP contribution in [0.3, 0.4) is 0 Å². The van der Waals surface area contributed by atoms with Gasteiger partial charge in [0.2, 0.25) is 0 Å². The number of thiophene rings is 1. The van der Waals surface area contributed by atoms with Crippen molar-refractivity contribution in [3.63, 3.8) is 0 Å². The molecule has 0 saturated carbocycles. The van der Waals surface area contributed by atoms with Crippen molar-refractivity contribution < 1.29 is 9.53 Å². The summed E-state index contributed by atoms with van der Waals surface area (Å²) in [5, 5.41) is 2.07. The molecule has 0 unspecified atom stereocenters. The van der Waals surface area contributed by atoms with Crippen LogP contribution in [0.25, 0.3) is 0 Å². The number of carbonyl (C=O) groups excluding carboxylic acids is 1. The van der Waals surface area contributed by atoms with Crippen LogP contribution in [0.5, 0.6) is 0 Å². The predicted molar refractivity (Wildman–Crippen MR) is 73.3 cm³/mol. The monoisotopic (exact) mass is 263 g/mol. The summed E-state index contributed by atoms with van der Waals surface area (Å²) in [4.78, 5) is 13.1. The molecule has 0 aliphatic carbocycles. The molecule has 0 amide bonds. The van der Waals surface area contributed by atoms with E-state index < -0.39 is 0 Å². The van der Waals surface area contributed by atoms with E-state index in [0.29, 0.717) is 12.2 Å². The zero-order chi connectivity index (χ0) is 13.1. The van der Waals surface area contributed by atoms with E-state index >= 15 is 0 Å². The predicted octanol–water partition coefficient (Wildman–Crippen LogP) is 3.39. The van der Waals surface area contributed by atoms with Crippen LogP contribution in [0, 0.1) is 13.8 Å². The smallest absolute Gasteiger partial charge is 0.339 e. The molecule has 4 heteroatoms. The molecule has 2 aromatic rings. The van der Waals surface area contributed by atoms with Crippen molar-refractivity contribution >= 4 is 17.3 Å². The fourth-order valence-electron chi connectivity index (χ4n) is 2.02. The van der Waals surface area contributed by atoms with Gasteiger partial charge in [-0.25, -0.2) is 4.79 Å². The summed E-state index contributed by atoms with van der Waals surface area (Å²) in [6.07, 6.45) is 0. The minimum Gasteiger partial charge on any atom is -0.462 e. The Labute approximate surface area is 111 Å². The van der Waals surface area contributed by atoms with E-state index in [2.05, 4.69) is 16.0 Å². The fourth-order valence-corrected chi connectivity index (χ4v) is 2.71. The Kier molecular flexibility index (Phi) is 3.87. The summed E-state index contributed by atoms with van der Waals surface area (Å²) < 4.78 is 7.21. The van der Waals surface area contributed by atoms with Crippen LogP contribution in [0.1, 0.15) is 33.5 Å². The minimum atomic E-state index is -0.233. The van der Waals surface area contributed by atoms with Gasteiger partial charge in [0.15, 0.2) is 0 Å². The van der Waals surface area contributed by atoms with Gasteiger partial charge < -0.3 is 9.30 Å². The normalized spacial score (nSPS) is 10.6. The summed E-state index contributed by atoms with van der Waals surface area (Å²) in [5.41, 5.74) is 2.73. The van der Waals surface area contributed by atoms with E-state index in [-0.39, 0.29) is 5.97 Å². The Morgan fingerprint density at radius 2 is 2.22 bits per heavy atom. The van der Waals surface area contributed by atoms with Crippen LogP contribution in [-0.2, 0) is 11.3 Å². The highest BCUT2D eigenvalue weighted by atomic mass is 32.1. The molecule has 0 aromatic carbocycles. The van der Waals surface area contributed by atoms with Crippen molar-refractivity contribution in [3.05, 3.63) is 45.4 Å². The molecule has 0 radical (unpaired) electrons. The molecular formula is C14H17NO2S. The molecule has 0 aliphatic rings. The molecule has 0 saturated heterocycles. The quantitative estimate of drug-likeness (QED) is 0.792. The molecular weight excluding hydrogens is 246 g/mol. The maximum atomic E-state index is 11.8. The lowest BCUT2D eigenvalue weighted by atomic mass is 10.2. The third-order valence-corrected chi connectivity index (χ3v) is 3.82. The molecule has 0 aliphatic heterocycles. The average molecular weight is 263 g/mol. The molecule has 96 valence electrons. The number of nitrogens with zero attached hydrogens (tertiary/aromatic N) is 1. The van der Waals surface area contributed by atoms with Gasteiger partial charge in [-0.3, -0.25) is 0 Å². The number of esters is 1. The number of ether oxygens (including phenoxy) is 1. The molecule has 0 spiro atoms. The van der Waals surface area contributed by atoms with Crippen LogP contribution in [0.4, 0.5) is 0 Å². The lowest BCUT2D eigenvalue weighted by Crippen LogP contribution is -2.08. The van der Waals surface area contributed by atoms with E-state index in [1.165, 1.54) is 4.88 Å². The van der Waals surface area contributed by atoms with Crippen molar-refractivity contribution in [3.8, 4) is 0 Å². The van der Waals surface area contributed by atoms with Crippen molar-refractivity contribution in [1.82, 2.24) is 4.57 Å². The number of aromatic nitrogens is 1. The first-order valence-corrected chi connectivity index (χ1v) is 6.87. The van der Waals surface area contributed by atoms with Gasteiger partial charge in [-0.15, -0.1) is 11.3 Å². The van der Waals surface area contributed by atoms with Gasteiger partial charge in [-0.1, -0.05) is 6.07 Å². The zero-order valence-corrected chi connectivity index (χ0v) is 11.7. The van der Waals surface area contributed by atoms with Crippen molar-refractivity contribution in [2.24, 2.45) is 0 Å². The Bertz CT molecular complexity index is 540. The summed E-state index contributed by atoms with van der Waals surface area (Å²) >= 11 is 1.73. The maximum Gasteiger partial charge on any atom is 0.339 e. The first-order chi connectivity index (χ1) is 8.63. The van der Waals surface area contributed by atoms with Crippen LogP contribution in [-0.4, -0.2) is 17.1 Å². The third-order valence-electron chi connectivity index (χ3n) is 2.96. The van der Waals surface area contributed by atoms with E-state index in [0.717, 1.165) is 17.9 Å². The Morgan fingerprint density at radius 3 is 2.83 bits per heavy atom. The van der Waals surface area contributed by atoms with Gasteiger partial charge in [0.05, 0.1) is 18.7 Å². The lowest BCUT2D eigenvalue weighted by molar-refractivity contribution is 0.0525. The first kappa shape index (κ1) is 12.9. The molecule has 2 aromatic heterocycles. The number of rotatable bonds is 4. The number of hydrogen-bond acceptors (Lipinski definition) is 3. The highest BCUT2D eigenvalue weighted by molar-refractivity contribution is 7.09. The summed E-state index contributed by atoms with van der Waals surface area (Å²) in [6.45, 7) is 7.03. The zero-order valence-electron chi connectivity index (χ0n) is 10.9. The van der Waals surface area contributed by atoms with Gasteiger partial charge in [-0.05, 0) is 38.3 Å². The topological polar surface area (TPSA) is 31.2 Å². The highest BCUT2D eigenvalue weighted by Gasteiger charge is 2.16. The van der Waals surface area contributed by atoms with Gasteiger partial charge in [0.25, 0.3) is 0 Å². The SMILES string of the molecule is CCOC(=O)c1cc(C)n(Cc2cccs2)c1C. The molecule has 2 heterocycles. The number of carbonyl (C=O) groups is 1. The molecule has 18 heavy (non-hydrogen) atoms. The summed E-state index contributed by atoms with van der Waals surface area (Å²) in [7, 11) is 0. The largest absolute Gasteiger partial charge is 0.462 e. The second-order valence-electron chi connectivity index (χ2n) is 4.17. The lowest BCUT2D eigenvalue weighted by Gasteiger charge is -2.08. The van der Waals surface area contributed by atoms with Crippen LogP contribution in [0.15, 0.2) is 23.6 Å². The minimum absolute atomic E-state index is 0.233. The molecule has 0 N–H and O–H groups in total. The Hall–Kier alpha value is -1.55. The Balaban J connectivity index is 2.29. The van der Waals surface area contributed by atoms with Gasteiger partial charge >= 0.3 is 5.97 Å². The molecule has 0 atom stereocenters. The maximum absolute atomic E-state index is 11.8. The van der Waals surface area contributed by atoms with Crippen LogP contribution in [0.2, 0.25) is 0 Å². The average Bonchev–Trinajstić information content (AvgIpc) is 2.93. The van der Waals surface area contributed by atoms with Crippen LogP contribution >= 0.6 is 11.3 Å². The van der Waals surface area contributed by atoms with Crippen molar-refractivity contribution in [1.29, 1.82) is 0 Å². The third kappa shape index (κ3) is 2.48. The fraction of sp³-hybridized carbons (Fsp3) is 0.357.